The maximum Gasteiger partial charge on any atom is 0.404 e. The zero-order chi connectivity index (χ0) is 21.4. The first-order valence-electron chi connectivity index (χ1n) is 7.30. The van der Waals surface area contributed by atoms with Crippen LogP contribution < -0.4 is 10.0 Å². The number of rotatable bonds is 5. The van der Waals surface area contributed by atoms with E-state index in [2.05, 4.69) is 4.98 Å². The van der Waals surface area contributed by atoms with Gasteiger partial charge in [-0.3, -0.25) is 4.79 Å². The van der Waals surface area contributed by atoms with Crippen molar-refractivity contribution in [3.05, 3.63) is 41.7 Å². The number of aromatic nitrogens is 2. The van der Waals surface area contributed by atoms with E-state index in [4.69, 9.17) is 0 Å². The molecule has 0 aliphatic heterocycles. The number of halogens is 6. The van der Waals surface area contributed by atoms with Gasteiger partial charge in [-0.2, -0.15) is 31.7 Å². The van der Waals surface area contributed by atoms with Crippen molar-refractivity contribution >= 4 is 21.6 Å². The number of amides is 1. The van der Waals surface area contributed by atoms with Gasteiger partial charge < -0.3 is 9.88 Å². The van der Waals surface area contributed by atoms with Crippen LogP contribution in [0, 0.1) is 17.7 Å². The number of nitrogens with zero attached hydrogens (tertiary/aromatic N) is 2. The van der Waals surface area contributed by atoms with E-state index in [1.165, 1.54) is 4.72 Å². The van der Waals surface area contributed by atoms with Crippen molar-refractivity contribution in [2.24, 2.45) is 7.05 Å². The molecule has 0 saturated carbocycles. The van der Waals surface area contributed by atoms with Gasteiger partial charge >= 0.3 is 6.18 Å². The van der Waals surface area contributed by atoms with E-state index < -0.39 is 62.1 Å². The summed E-state index contributed by atoms with van der Waals surface area (Å²) in [6.45, 7) is 0.512. The first kappa shape index (κ1) is 21.7. The second-order valence-corrected chi connectivity index (χ2v) is 7.29. The fourth-order valence-corrected chi connectivity index (χ4v) is 3.46. The molecular formula is C14H12F6N4O3S. The molecule has 0 saturated heterocycles. The van der Waals surface area contributed by atoms with Gasteiger partial charge in [0, 0.05) is 25.4 Å². The smallest absolute Gasteiger partial charge is 0.343 e. The first-order chi connectivity index (χ1) is 12.7. The van der Waals surface area contributed by atoms with Crippen LogP contribution in [0.3, 0.4) is 0 Å². The van der Waals surface area contributed by atoms with Gasteiger partial charge in [-0.1, -0.05) is 0 Å². The number of sulfonamides is 1. The second-order valence-electron chi connectivity index (χ2n) is 5.61. The van der Waals surface area contributed by atoms with Gasteiger partial charge in [0.1, 0.15) is 16.6 Å². The monoisotopic (exact) mass is 430 g/mol. The minimum absolute atomic E-state index is 0.441. The lowest BCUT2D eigenvalue weighted by Crippen LogP contribution is -2.43. The van der Waals surface area contributed by atoms with Crippen molar-refractivity contribution in [1.29, 1.82) is 0 Å². The molecule has 0 aromatic carbocycles. The van der Waals surface area contributed by atoms with Crippen LogP contribution in [0.15, 0.2) is 23.2 Å². The summed E-state index contributed by atoms with van der Waals surface area (Å²) in [5, 5.41) is 1.94. The van der Waals surface area contributed by atoms with Crippen molar-refractivity contribution < 1.29 is 39.6 Å². The van der Waals surface area contributed by atoms with E-state index in [1.807, 2.05) is 5.32 Å². The largest absolute Gasteiger partial charge is 0.404 e. The number of nitrogens with one attached hydrogen (secondary N) is 2. The summed E-state index contributed by atoms with van der Waals surface area (Å²) in [6, 6.07) is -1.28. The fourth-order valence-electron chi connectivity index (χ4n) is 2.11. The highest BCUT2D eigenvalue weighted by Crippen LogP contribution is 2.25. The number of carbonyl (C=O) groups excluding carboxylic acids is 1. The van der Waals surface area contributed by atoms with Crippen LogP contribution in [0.4, 0.5) is 32.0 Å². The highest BCUT2D eigenvalue weighted by molar-refractivity contribution is 7.89. The third kappa shape index (κ3) is 4.62. The fraction of sp³-hybridized carbons (Fsp3) is 0.286. The Morgan fingerprint density at radius 2 is 1.71 bits per heavy atom. The number of anilines is 1. The molecule has 0 bridgehead atoms. The second kappa shape index (κ2) is 7.43. The Morgan fingerprint density at radius 1 is 1.18 bits per heavy atom. The Balaban J connectivity index is 2.36. The van der Waals surface area contributed by atoms with E-state index in [0.717, 1.165) is 7.05 Å². The van der Waals surface area contributed by atoms with Crippen LogP contribution >= 0.6 is 0 Å². The predicted octanol–water partition coefficient (Wildman–Crippen LogP) is 2.32. The normalized spacial score (nSPS) is 13.4. The average molecular weight is 430 g/mol. The SMILES string of the molecule is C[C@@H](NS(=O)(=O)c1cn(C)c(C(=O)Nc2cc(F)nc(F)c2)c1F)C(F)(F)F. The van der Waals surface area contributed by atoms with E-state index in [9.17, 15) is 39.6 Å². The lowest BCUT2D eigenvalue weighted by Gasteiger charge is -2.16. The molecule has 7 nitrogen and oxygen atoms in total. The summed E-state index contributed by atoms with van der Waals surface area (Å²) >= 11 is 0. The minimum atomic E-state index is -4.97. The van der Waals surface area contributed by atoms with Crippen molar-refractivity contribution in [3.63, 3.8) is 0 Å². The topological polar surface area (TPSA) is 93.1 Å². The summed E-state index contributed by atoms with van der Waals surface area (Å²) in [5.41, 5.74) is -1.33. The van der Waals surface area contributed by atoms with Gasteiger partial charge in [0.05, 0.1) is 5.69 Å². The maximum absolute atomic E-state index is 14.5. The molecule has 0 radical (unpaired) electrons. The highest BCUT2D eigenvalue weighted by atomic mass is 32.2. The minimum Gasteiger partial charge on any atom is -0.343 e. The highest BCUT2D eigenvalue weighted by Gasteiger charge is 2.40. The standard InChI is InChI=1S/C14H12F6N4O3S/c1-6(14(18,19)20)23-28(26,27)8-5-24(2)12(11(8)17)13(25)21-7-3-9(15)22-10(16)4-7/h3-6,23H,1-2H3,(H,21,22,25)/t6-/m1/s1. The van der Waals surface area contributed by atoms with Crippen LogP contribution in [0.2, 0.25) is 0 Å². The molecular weight excluding hydrogens is 418 g/mol. The van der Waals surface area contributed by atoms with E-state index in [0.29, 0.717) is 29.8 Å². The number of pyridine rings is 1. The van der Waals surface area contributed by atoms with Gasteiger partial charge in [-0.15, -0.1) is 0 Å². The lowest BCUT2D eigenvalue weighted by atomic mass is 10.3. The van der Waals surface area contributed by atoms with Crippen LogP contribution in [0.25, 0.3) is 0 Å². The molecule has 2 aromatic heterocycles. The van der Waals surface area contributed by atoms with Crippen LogP contribution in [0.5, 0.6) is 0 Å². The first-order valence-corrected chi connectivity index (χ1v) is 8.79. The number of aryl methyl sites for hydroxylation is 1. The molecule has 2 heterocycles. The quantitative estimate of drug-likeness (QED) is 0.563. The van der Waals surface area contributed by atoms with E-state index in [-0.39, 0.29) is 0 Å². The Hall–Kier alpha value is -2.61. The molecule has 0 unspecified atom stereocenters. The van der Waals surface area contributed by atoms with Crippen LogP contribution in [-0.4, -0.2) is 36.1 Å². The maximum atomic E-state index is 14.5. The van der Waals surface area contributed by atoms with E-state index in [1.54, 1.807) is 0 Å². The molecule has 2 N–H and O–H groups in total. The molecule has 0 spiro atoms. The molecule has 14 heteroatoms. The van der Waals surface area contributed by atoms with Crippen molar-refractivity contribution in [3.8, 4) is 0 Å². The average Bonchev–Trinajstić information content (AvgIpc) is 2.80. The Kier molecular flexibility index (Phi) is 5.75. The molecule has 1 amide bonds. The van der Waals surface area contributed by atoms with Gasteiger partial charge in [0.2, 0.25) is 21.9 Å². The van der Waals surface area contributed by atoms with Crippen molar-refractivity contribution in [2.45, 2.75) is 24.0 Å². The lowest BCUT2D eigenvalue weighted by molar-refractivity contribution is -0.147. The number of alkyl halides is 3. The summed E-state index contributed by atoms with van der Waals surface area (Å²) in [6.07, 6.45) is -4.34. The number of carbonyl (C=O) groups is 1. The van der Waals surface area contributed by atoms with Crippen LogP contribution in [-0.2, 0) is 17.1 Å². The third-order valence-corrected chi connectivity index (χ3v) is 4.96. The number of hydrogen-bond donors (Lipinski definition) is 2. The summed E-state index contributed by atoms with van der Waals surface area (Å²) in [7, 11) is -3.92. The molecule has 1 atom stereocenters. The zero-order valence-electron chi connectivity index (χ0n) is 14.1. The van der Waals surface area contributed by atoms with E-state index >= 15 is 0 Å². The zero-order valence-corrected chi connectivity index (χ0v) is 14.9. The summed E-state index contributed by atoms with van der Waals surface area (Å²) in [4.78, 5) is 13.8. The summed E-state index contributed by atoms with van der Waals surface area (Å²) in [5.74, 6) is -5.50. The summed E-state index contributed by atoms with van der Waals surface area (Å²) < 4.78 is 104. The van der Waals surface area contributed by atoms with Gasteiger partial charge in [0.25, 0.3) is 5.91 Å². The molecule has 154 valence electrons. The number of hydrogen-bond acceptors (Lipinski definition) is 4. The predicted molar refractivity (Wildman–Crippen MR) is 83.3 cm³/mol. The van der Waals surface area contributed by atoms with Crippen molar-refractivity contribution in [2.75, 3.05) is 5.32 Å². The Labute approximate surface area is 154 Å². The molecule has 0 fully saturated rings. The van der Waals surface area contributed by atoms with Gasteiger partial charge in [-0.25, -0.2) is 12.8 Å². The van der Waals surface area contributed by atoms with Crippen LogP contribution in [0.1, 0.15) is 17.4 Å². The molecule has 2 rings (SSSR count). The van der Waals surface area contributed by atoms with Gasteiger partial charge in [-0.05, 0) is 6.92 Å². The molecule has 2 aromatic rings. The molecule has 0 aliphatic carbocycles. The third-order valence-electron chi connectivity index (χ3n) is 3.44. The van der Waals surface area contributed by atoms with Gasteiger partial charge in [0.15, 0.2) is 5.82 Å². The Bertz CT molecular complexity index is 999. The molecule has 0 aliphatic rings. The van der Waals surface area contributed by atoms with Crippen molar-refractivity contribution in [1.82, 2.24) is 14.3 Å². The Morgan fingerprint density at radius 3 is 2.21 bits per heavy atom. The molecule has 28 heavy (non-hydrogen) atoms.